The summed E-state index contributed by atoms with van der Waals surface area (Å²) in [6.45, 7) is 7.17. The van der Waals surface area contributed by atoms with Gasteiger partial charge in [0.15, 0.2) is 0 Å². The van der Waals surface area contributed by atoms with Gasteiger partial charge in [-0.15, -0.1) is 0 Å². The van der Waals surface area contributed by atoms with Crippen molar-refractivity contribution >= 4 is 5.97 Å². The first-order valence-electron chi connectivity index (χ1n) is 5.09. The van der Waals surface area contributed by atoms with Crippen LogP contribution in [-0.4, -0.2) is 35.9 Å². The van der Waals surface area contributed by atoms with E-state index in [1.807, 2.05) is 6.92 Å². The van der Waals surface area contributed by atoms with E-state index in [9.17, 15) is 9.90 Å². The largest absolute Gasteiger partial charge is 0.480 e. The third kappa shape index (κ3) is 2.07. The number of carboxylic acid groups (broad SMARTS) is 1. The summed E-state index contributed by atoms with van der Waals surface area (Å²) in [5, 5.41) is 12.3. The smallest absolute Gasteiger partial charge is 0.326 e. The first kappa shape index (κ1) is 11.5. The summed E-state index contributed by atoms with van der Waals surface area (Å²) in [7, 11) is 0. The third-order valence-electron chi connectivity index (χ3n) is 2.77. The average Bonchev–Trinajstić information content (AvgIpc) is 2.44. The van der Waals surface area contributed by atoms with Gasteiger partial charge < -0.3 is 9.84 Å². The van der Waals surface area contributed by atoms with Crippen LogP contribution in [0.4, 0.5) is 0 Å². The molecule has 1 aliphatic heterocycles. The molecule has 0 aliphatic carbocycles. The second-order valence-corrected chi connectivity index (χ2v) is 4.31. The highest BCUT2D eigenvalue weighted by Gasteiger charge is 2.47. The lowest BCUT2D eigenvalue weighted by Crippen LogP contribution is -2.57. The Morgan fingerprint density at radius 2 is 2.36 bits per heavy atom. The van der Waals surface area contributed by atoms with Gasteiger partial charge in [-0.05, 0) is 19.4 Å². The monoisotopic (exact) mass is 201 g/mol. The van der Waals surface area contributed by atoms with Gasteiger partial charge in [0, 0.05) is 13.0 Å². The van der Waals surface area contributed by atoms with E-state index in [0.717, 1.165) is 0 Å². The van der Waals surface area contributed by atoms with E-state index in [-0.39, 0.29) is 6.10 Å². The van der Waals surface area contributed by atoms with Crippen molar-refractivity contribution in [1.82, 2.24) is 5.32 Å². The minimum atomic E-state index is -0.871. The molecule has 4 heteroatoms. The van der Waals surface area contributed by atoms with Gasteiger partial charge in [0.1, 0.15) is 5.54 Å². The van der Waals surface area contributed by atoms with E-state index in [2.05, 4.69) is 19.2 Å². The Morgan fingerprint density at radius 3 is 2.71 bits per heavy atom. The maximum atomic E-state index is 11.2. The standard InChI is InChI=1S/C10H19NO3/c1-7(2)6-11-10(9(12)13)4-5-14-8(10)3/h7-8,11H,4-6H2,1-3H3,(H,12,13). The van der Waals surface area contributed by atoms with Crippen LogP contribution in [0.2, 0.25) is 0 Å². The van der Waals surface area contributed by atoms with E-state index in [4.69, 9.17) is 4.74 Å². The fourth-order valence-electron chi connectivity index (χ4n) is 1.72. The number of ether oxygens (including phenoxy) is 1. The minimum absolute atomic E-state index is 0.251. The number of rotatable bonds is 4. The van der Waals surface area contributed by atoms with Crippen LogP contribution in [0.1, 0.15) is 27.2 Å². The highest BCUT2D eigenvalue weighted by molar-refractivity contribution is 5.80. The molecule has 1 heterocycles. The third-order valence-corrected chi connectivity index (χ3v) is 2.77. The van der Waals surface area contributed by atoms with Crippen molar-refractivity contribution in [2.75, 3.05) is 13.2 Å². The fourth-order valence-corrected chi connectivity index (χ4v) is 1.72. The number of hydrogen-bond acceptors (Lipinski definition) is 3. The molecular weight excluding hydrogens is 182 g/mol. The molecule has 1 fully saturated rings. The Labute approximate surface area is 84.6 Å². The molecule has 0 aromatic carbocycles. The summed E-state index contributed by atoms with van der Waals surface area (Å²) in [4.78, 5) is 11.2. The zero-order valence-corrected chi connectivity index (χ0v) is 9.04. The Bertz CT molecular complexity index is 217. The van der Waals surface area contributed by atoms with E-state index in [1.165, 1.54) is 0 Å². The lowest BCUT2D eigenvalue weighted by molar-refractivity contribution is -0.147. The molecule has 2 N–H and O–H groups in total. The second-order valence-electron chi connectivity index (χ2n) is 4.31. The number of carboxylic acids is 1. The van der Waals surface area contributed by atoms with Crippen molar-refractivity contribution in [3.05, 3.63) is 0 Å². The summed E-state index contributed by atoms with van der Waals surface area (Å²) in [6.07, 6.45) is 0.301. The van der Waals surface area contributed by atoms with Crippen LogP contribution in [0.15, 0.2) is 0 Å². The molecule has 0 aromatic rings. The molecule has 2 unspecified atom stereocenters. The zero-order chi connectivity index (χ0) is 10.8. The highest BCUT2D eigenvalue weighted by atomic mass is 16.5. The van der Waals surface area contributed by atoms with E-state index in [1.54, 1.807) is 0 Å². The van der Waals surface area contributed by atoms with Gasteiger partial charge >= 0.3 is 5.97 Å². The molecule has 0 amide bonds. The highest BCUT2D eigenvalue weighted by Crippen LogP contribution is 2.26. The minimum Gasteiger partial charge on any atom is -0.480 e. The summed E-state index contributed by atoms with van der Waals surface area (Å²) < 4.78 is 5.32. The van der Waals surface area contributed by atoms with Crippen LogP contribution >= 0.6 is 0 Å². The van der Waals surface area contributed by atoms with Gasteiger partial charge in [0.05, 0.1) is 6.10 Å². The predicted molar refractivity (Wildman–Crippen MR) is 53.2 cm³/mol. The van der Waals surface area contributed by atoms with Crippen LogP contribution in [0.5, 0.6) is 0 Å². The number of carbonyl (C=O) groups is 1. The van der Waals surface area contributed by atoms with E-state index in [0.29, 0.717) is 25.5 Å². The van der Waals surface area contributed by atoms with Crippen LogP contribution in [0, 0.1) is 5.92 Å². The topological polar surface area (TPSA) is 58.6 Å². The molecule has 4 nitrogen and oxygen atoms in total. The molecule has 1 saturated heterocycles. The fraction of sp³-hybridized carbons (Fsp3) is 0.900. The number of nitrogens with one attached hydrogen (secondary N) is 1. The molecule has 0 saturated carbocycles. The van der Waals surface area contributed by atoms with E-state index < -0.39 is 11.5 Å². The normalized spacial score (nSPS) is 32.4. The molecule has 0 aromatic heterocycles. The molecule has 0 spiro atoms. The first-order chi connectivity index (χ1) is 6.49. The lowest BCUT2D eigenvalue weighted by atomic mass is 9.91. The lowest BCUT2D eigenvalue weighted by Gasteiger charge is -2.29. The SMILES string of the molecule is CC(C)CNC1(C(=O)O)CCOC1C. The van der Waals surface area contributed by atoms with Crippen LogP contribution in [0.25, 0.3) is 0 Å². The quantitative estimate of drug-likeness (QED) is 0.708. The van der Waals surface area contributed by atoms with Crippen molar-refractivity contribution in [3.8, 4) is 0 Å². The molecule has 14 heavy (non-hydrogen) atoms. The molecule has 0 bridgehead atoms. The van der Waals surface area contributed by atoms with Gasteiger partial charge in [0.2, 0.25) is 0 Å². The number of aliphatic carboxylic acids is 1. The summed E-state index contributed by atoms with van der Waals surface area (Å²) in [6, 6.07) is 0. The van der Waals surface area contributed by atoms with Crippen molar-refractivity contribution in [1.29, 1.82) is 0 Å². The Morgan fingerprint density at radius 1 is 1.71 bits per heavy atom. The predicted octanol–water partition coefficient (Wildman–Crippen LogP) is 0.864. The van der Waals surface area contributed by atoms with Gasteiger partial charge in [-0.1, -0.05) is 13.8 Å². The molecule has 1 aliphatic rings. The van der Waals surface area contributed by atoms with Crippen LogP contribution < -0.4 is 5.32 Å². The summed E-state index contributed by atoms with van der Waals surface area (Å²) in [5.41, 5.74) is -0.871. The maximum absolute atomic E-state index is 11.2. The Hall–Kier alpha value is -0.610. The molecule has 82 valence electrons. The van der Waals surface area contributed by atoms with Crippen LogP contribution in [0.3, 0.4) is 0 Å². The summed E-state index contributed by atoms with van der Waals surface area (Å²) in [5.74, 6) is -0.359. The molecule has 2 atom stereocenters. The maximum Gasteiger partial charge on any atom is 0.326 e. The van der Waals surface area contributed by atoms with Crippen molar-refractivity contribution < 1.29 is 14.6 Å². The zero-order valence-electron chi connectivity index (χ0n) is 9.04. The molecular formula is C10H19NO3. The average molecular weight is 201 g/mol. The summed E-state index contributed by atoms with van der Waals surface area (Å²) >= 11 is 0. The first-order valence-corrected chi connectivity index (χ1v) is 5.09. The Balaban J connectivity index is 2.67. The van der Waals surface area contributed by atoms with Crippen molar-refractivity contribution in [2.24, 2.45) is 5.92 Å². The Kier molecular flexibility index (Phi) is 3.50. The number of hydrogen-bond donors (Lipinski definition) is 2. The van der Waals surface area contributed by atoms with Gasteiger partial charge in [0.25, 0.3) is 0 Å². The molecule has 0 radical (unpaired) electrons. The molecule has 1 rings (SSSR count). The van der Waals surface area contributed by atoms with Gasteiger partial charge in [-0.3, -0.25) is 10.1 Å². The van der Waals surface area contributed by atoms with E-state index >= 15 is 0 Å². The van der Waals surface area contributed by atoms with Crippen LogP contribution in [-0.2, 0) is 9.53 Å². The van der Waals surface area contributed by atoms with Gasteiger partial charge in [-0.2, -0.15) is 0 Å². The van der Waals surface area contributed by atoms with Crippen molar-refractivity contribution in [2.45, 2.75) is 38.8 Å². The van der Waals surface area contributed by atoms with Crippen molar-refractivity contribution in [3.63, 3.8) is 0 Å². The second kappa shape index (κ2) is 4.28. The van der Waals surface area contributed by atoms with Gasteiger partial charge in [-0.25, -0.2) is 0 Å².